The Morgan fingerprint density at radius 3 is 3.05 bits per heavy atom. The molecule has 0 amide bonds. The lowest BCUT2D eigenvalue weighted by atomic mass is 10.1. The molecule has 0 bridgehead atoms. The molecule has 1 aromatic carbocycles. The first kappa shape index (κ1) is 12.1. The fraction of sp³-hybridized carbons (Fsp3) is 0.0769. The quantitative estimate of drug-likeness (QED) is 0.716. The molecule has 2 aromatic heterocycles. The van der Waals surface area contributed by atoms with Crippen LogP contribution in [0.15, 0.2) is 34.8 Å². The van der Waals surface area contributed by atoms with Crippen LogP contribution < -0.4 is 4.72 Å². The molecule has 0 aliphatic heterocycles. The Morgan fingerprint density at radius 1 is 1.42 bits per heavy atom. The first-order chi connectivity index (χ1) is 9.29. The number of anilines is 1. The standard InChI is InChI=1S/C13H10N4S2/c1-8-2-3-10(17-19-11-4-5-16-18-11)13-12(8)9(6-14)7-15-13/h2-5,7,15,17H,1H3. The molecule has 0 radical (unpaired) electrons. The van der Waals surface area contributed by atoms with E-state index in [0.717, 1.165) is 26.4 Å². The second kappa shape index (κ2) is 4.96. The van der Waals surface area contributed by atoms with Crippen LogP contribution in [0.5, 0.6) is 0 Å². The van der Waals surface area contributed by atoms with Gasteiger partial charge in [-0.2, -0.15) is 9.64 Å². The number of rotatable bonds is 3. The minimum Gasteiger partial charge on any atom is -0.358 e. The monoisotopic (exact) mass is 286 g/mol. The number of hydrogen-bond acceptors (Lipinski definition) is 5. The molecular weight excluding hydrogens is 276 g/mol. The van der Waals surface area contributed by atoms with E-state index in [-0.39, 0.29) is 0 Å². The van der Waals surface area contributed by atoms with Crippen LogP contribution in [0.1, 0.15) is 11.1 Å². The fourth-order valence-electron chi connectivity index (χ4n) is 1.96. The lowest BCUT2D eigenvalue weighted by molar-refractivity contribution is 1.44. The van der Waals surface area contributed by atoms with Crippen LogP contribution in [0.3, 0.4) is 0 Å². The van der Waals surface area contributed by atoms with Crippen molar-refractivity contribution < 1.29 is 0 Å². The normalized spacial score (nSPS) is 10.5. The number of benzene rings is 1. The summed E-state index contributed by atoms with van der Waals surface area (Å²) in [5, 5.41) is 10.1. The molecule has 0 atom stereocenters. The van der Waals surface area contributed by atoms with Crippen molar-refractivity contribution in [2.45, 2.75) is 11.1 Å². The zero-order valence-electron chi connectivity index (χ0n) is 10.1. The van der Waals surface area contributed by atoms with E-state index in [9.17, 15) is 0 Å². The Bertz CT molecular complexity index is 753. The summed E-state index contributed by atoms with van der Waals surface area (Å²) in [5.41, 5.74) is 3.72. The number of aryl methyl sites for hydroxylation is 1. The molecule has 0 spiro atoms. The second-order valence-corrected chi connectivity index (χ2v) is 5.97. The Kier molecular flexibility index (Phi) is 3.15. The van der Waals surface area contributed by atoms with Crippen molar-refractivity contribution >= 4 is 40.1 Å². The number of nitrogens with zero attached hydrogens (tertiary/aromatic N) is 2. The number of aromatic nitrogens is 2. The molecule has 0 fully saturated rings. The van der Waals surface area contributed by atoms with Gasteiger partial charge in [0.25, 0.3) is 0 Å². The average Bonchev–Trinajstić information content (AvgIpc) is 3.07. The Labute approximate surface area is 118 Å². The average molecular weight is 286 g/mol. The van der Waals surface area contributed by atoms with E-state index in [4.69, 9.17) is 5.26 Å². The van der Waals surface area contributed by atoms with Crippen LogP contribution in [0.25, 0.3) is 10.9 Å². The van der Waals surface area contributed by atoms with Crippen LogP contribution in [0.4, 0.5) is 5.69 Å². The molecule has 4 nitrogen and oxygen atoms in total. The number of fused-ring (bicyclic) bond motifs is 1. The largest absolute Gasteiger partial charge is 0.358 e. The third-order valence-electron chi connectivity index (χ3n) is 2.84. The molecule has 0 aliphatic carbocycles. The van der Waals surface area contributed by atoms with E-state index < -0.39 is 0 Å². The number of nitriles is 1. The lowest BCUT2D eigenvalue weighted by Crippen LogP contribution is -1.88. The van der Waals surface area contributed by atoms with Gasteiger partial charge in [0.05, 0.1) is 16.8 Å². The van der Waals surface area contributed by atoms with Crippen molar-refractivity contribution in [2.24, 2.45) is 0 Å². The van der Waals surface area contributed by atoms with Crippen LogP contribution in [-0.4, -0.2) is 9.36 Å². The molecule has 2 heterocycles. The fourth-order valence-corrected chi connectivity index (χ4v) is 3.22. The summed E-state index contributed by atoms with van der Waals surface area (Å²) >= 11 is 2.97. The van der Waals surface area contributed by atoms with Crippen LogP contribution >= 0.6 is 23.5 Å². The highest BCUT2D eigenvalue weighted by atomic mass is 32.2. The molecule has 0 saturated heterocycles. The van der Waals surface area contributed by atoms with E-state index in [0.29, 0.717) is 5.56 Å². The number of aromatic amines is 1. The summed E-state index contributed by atoms with van der Waals surface area (Å²) in [6, 6.07) is 8.21. The molecule has 0 aliphatic rings. The highest BCUT2D eigenvalue weighted by Crippen LogP contribution is 2.31. The highest BCUT2D eigenvalue weighted by Gasteiger charge is 2.10. The maximum absolute atomic E-state index is 9.12. The highest BCUT2D eigenvalue weighted by molar-refractivity contribution is 8.02. The van der Waals surface area contributed by atoms with Crippen molar-refractivity contribution in [1.82, 2.24) is 9.36 Å². The minimum atomic E-state index is 0.680. The smallest absolute Gasteiger partial charge is 0.101 e. The summed E-state index contributed by atoms with van der Waals surface area (Å²) in [6.07, 6.45) is 3.53. The topological polar surface area (TPSA) is 64.5 Å². The van der Waals surface area contributed by atoms with Gasteiger partial charge in [0.15, 0.2) is 0 Å². The van der Waals surface area contributed by atoms with E-state index in [1.807, 2.05) is 25.1 Å². The third kappa shape index (κ3) is 2.18. The predicted octanol–water partition coefficient (Wildman–Crippen LogP) is 3.92. The van der Waals surface area contributed by atoms with Gasteiger partial charge in [-0.1, -0.05) is 6.07 Å². The van der Waals surface area contributed by atoms with Crippen molar-refractivity contribution in [3.63, 3.8) is 0 Å². The van der Waals surface area contributed by atoms with E-state index >= 15 is 0 Å². The van der Waals surface area contributed by atoms with Crippen LogP contribution in [-0.2, 0) is 0 Å². The second-order valence-electron chi connectivity index (χ2n) is 4.03. The van der Waals surface area contributed by atoms with E-state index in [2.05, 4.69) is 20.1 Å². The van der Waals surface area contributed by atoms with Gasteiger partial charge in [-0.25, -0.2) is 0 Å². The van der Waals surface area contributed by atoms with Gasteiger partial charge in [-0.05, 0) is 48.1 Å². The minimum absolute atomic E-state index is 0.680. The summed E-state index contributed by atoms with van der Waals surface area (Å²) in [5.74, 6) is 0. The molecule has 0 saturated carbocycles. The molecule has 0 unspecified atom stereocenters. The number of H-pyrrole nitrogens is 1. The van der Waals surface area contributed by atoms with Crippen LogP contribution in [0, 0.1) is 18.3 Å². The van der Waals surface area contributed by atoms with Gasteiger partial charge in [0.1, 0.15) is 10.3 Å². The Morgan fingerprint density at radius 2 is 2.32 bits per heavy atom. The zero-order valence-corrected chi connectivity index (χ0v) is 11.7. The van der Waals surface area contributed by atoms with Gasteiger partial charge in [0.2, 0.25) is 0 Å². The third-order valence-corrected chi connectivity index (χ3v) is 4.52. The van der Waals surface area contributed by atoms with Crippen molar-refractivity contribution in [3.05, 3.63) is 41.7 Å². The summed E-state index contributed by atoms with van der Waals surface area (Å²) in [6.45, 7) is 2.01. The first-order valence-corrected chi connectivity index (χ1v) is 7.23. The summed E-state index contributed by atoms with van der Waals surface area (Å²) in [7, 11) is 0. The molecule has 3 rings (SSSR count). The first-order valence-electron chi connectivity index (χ1n) is 5.64. The van der Waals surface area contributed by atoms with Gasteiger partial charge in [-0.3, -0.25) is 0 Å². The molecule has 19 heavy (non-hydrogen) atoms. The molecule has 2 N–H and O–H groups in total. The van der Waals surface area contributed by atoms with Crippen molar-refractivity contribution in [2.75, 3.05) is 4.72 Å². The van der Waals surface area contributed by atoms with Crippen molar-refractivity contribution in [3.8, 4) is 6.07 Å². The Hall–Kier alpha value is -1.97. The maximum atomic E-state index is 9.12. The van der Waals surface area contributed by atoms with Gasteiger partial charge in [0, 0.05) is 17.8 Å². The van der Waals surface area contributed by atoms with E-state index in [1.165, 1.54) is 23.5 Å². The summed E-state index contributed by atoms with van der Waals surface area (Å²) in [4.78, 5) is 3.17. The van der Waals surface area contributed by atoms with Gasteiger partial charge >= 0.3 is 0 Å². The van der Waals surface area contributed by atoms with Gasteiger partial charge in [-0.15, -0.1) is 0 Å². The molecular formula is C13H10N4S2. The number of nitrogens with one attached hydrogen (secondary N) is 2. The van der Waals surface area contributed by atoms with Crippen molar-refractivity contribution in [1.29, 1.82) is 5.26 Å². The predicted molar refractivity (Wildman–Crippen MR) is 79.3 cm³/mol. The number of hydrogen-bond donors (Lipinski definition) is 2. The molecule has 94 valence electrons. The maximum Gasteiger partial charge on any atom is 0.101 e. The van der Waals surface area contributed by atoms with Gasteiger partial charge < -0.3 is 9.71 Å². The summed E-state index contributed by atoms with van der Waals surface area (Å²) < 4.78 is 8.46. The zero-order chi connectivity index (χ0) is 13.2. The lowest BCUT2D eigenvalue weighted by Gasteiger charge is -2.06. The van der Waals surface area contributed by atoms with Crippen LogP contribution in [0.2, 0.25) is 0 Å². The Balaban J connectivity index is 1.98. The SMILES string of the molecule is Cc1ccc(NSc2ccns2)c2[nH]cc(C#N)c12. The molecule has 3 aromatic rings. The molecule has 6 heteroatoms. The van der Waals surface area contributed by atoms with E-state index in [1.54, 1.807) is 12.4 Å².